The smallest absolute Gasteiger partial charge is 0.434 e. The Kier molecular flexibility index (Phi) is 16.6. The van der Waals surface area contributed by atoms with Gasteiger partial charge in [-0.3, -0.25) is 5.43 Å². The summed E-state index contributed by atoms with van der Waals surface area (Å²) in [5.74, 6) is 0.988. The minimum absolute atomic E-state index is 0. The van der Waals surface area contributed by atoms with Crippen molar-refractivity contribution in [1.29, 1.82) is 0 Å². The summed E-state index contributed by atoms with van der Waals surface area (Å²) in [5, 5.41) is 1.93. The predicted molar refractivity (Wildman–Crippen MR) is 118 cm³/mol. The van der Waals surface area contributed by atoms with E-state index in [2.05, 4.69) is 60.4 Å². The van der Waals surface area contributed by atoms with E-state index in [0.717, 1.165) is 25.3 Å². The Morgan fingerprint density at radius 2 is 2.07 bits per heavy atom. The van der Waals surface area contributed by atoms with Gasteiger partial charge in [0.25, 0.3) is 0 Å². The molecule has 2 aliphatic rings. The first-order valence-electron chi connectivity index (χ1n) is 10.1. The maximum Gasteiger partial charge on any atom is 1.00 e. The van der Waals surface area contributed by atoms with E-state index in [0.29, 0.717) is 18.9 Å². The molecule has 2 aliphatic heterocycles. The van der Waals surface area contributed by atoms with Crippen LogP contribution in [0.15, 0.2) is 66.2 Å². The van der Waals surface area contributed by atoms with Gasteiger partial charge in [-0.2, -0.15) is 25.3 Å². The quantitative estimate of drug-likeness (QED) is 0.344. The van der Waals surface area contributed by atoms with Crippen LogP contribution in [0.25, 0.3) is 0 Å². The number of nitrogens with one attached hydrogen (secondary N) is 1. The molecule has 1 saturated heterocycles. The second kappa shape index (κ2) is 17.0. The van der Waals surface area contributed by atoms with E-state index >= 15 is 0 Å². The molecule has 5 nitrogen and oxygen atoms in total. The Hall–Kier alpha value is -0.734. The van der Waals surface area contributed by atoms with Crippen LogP contribution in [0.1, 0.15) is 34.1 Å². The average Bonchev–Trinajstić information content (AvgIpc) is 3.19. The molecule has 0 spiro atoms. The fourth-order valence-electron chi connectivity index (χ4n) is 2.73. The fraction of sp³-hybridized carbons (Fsp3) is 0.435. The molecular formula is C23H36KN4O-. The third kappa shape index (κ3) is 10.2. The van der Waals surface area contributed by atoms with Crippen molar-refractivity contribution >= 4 is 0 Å². The van der Waals surface area contributed by atoms with Crippen molar-refractivity contribution in [3.8, 4) is 0 Å². The summed E-state index contributed by atoms with van der Waals surface area (Å²) in [6.45, 7) is 15.0. The van der Waals surface area contributed by atoms with Gasteiger partial charge in [0.1, 0.15) is 0 Å². The maximum atomic E-state index is 5.72. The van der Waals surface area contributed by atoms with Gasteiger partial charge in [-0.1, -0.05) is 56.8 Å². The van der Waals surface area contributed by atoms with E-state index in [1.54, 1.807) is 0 Å². The number of hydrazine groups is 1. The molecule has 3 N–H and O–H groups in total. The standard InChI is InChI=1S/C21H30N4O.C2H6.K/c1-4-6-7-9-19(8-5-2)20-12-13-25(23-20)21(11-10-18(3)22)24-14-16-26-17-15-24;1-2;/h5-12,20,23H,3-4,14-17,22H2,1-2H3;1-2H3;/q-2;;+1/b7-6+,8-5-,19-9+,21-11-;;. The van der Waals surface area contributed by atoms with Gasteiger partial charge in [0.2, 0.25) is 0 Å². The molecule has 1 atom stereocenters. The van der Waals surface area contributed by atoms with E-state index in [4.69, 9.17) is 10.5 Å². The molecule has 0 saturated carbocycles. The van der Waals surface area contributed by atoms with Gasteiger partial charge in [-0.05, 0) is 24.7 Å². The normalized spacial score (nSPS) is 19.9. The molecule has 0 radical (unpaired) electrons. The van der Waals surface area contributed by atoms with Crippen molar-refractivity contribution in [3.05, 3.63) is 78.8 Å². The molecule has 2 heterocycles. The van der Waals surface area contributed by atoms with Crippen LogP contribution in [0.3, 0.4) is 0 Å². The molecule has 0 aliphatic carbocycles. The number of morpholine rings is 1. The number of rotatable bonds is 8. The molecule has 6 heteroatoms. The monoisotopic (exact) mass is 423 g/mol. The SMILES string of the molecule is C=C(N)[CH-]/C=C(/N1CCOCC1)N1[C-]=CC(C(/C=C\C)=C/C=C/CC)N1.CC.[K+]. The number of hydrogen-bond donors (Lipinski definition) is 2. The zero-order valence-corrected chi connectivity index (χ0v) is 21.9. The molecule has 1 fully saturated rings. The number of hydrogen-bond acceptors (Lipinski definition) is 5. The van der Waals surface area contributed by atoms with Crippen molar-refractivity contribution < 1.29 is 56.1 Å². The van der Waals surface area contributed by atoms with Crippen LogP contribution in [-0.4, -0.2) is 42.3 Å². The van der Waals surface area contributed by atoms with Crippen LogP contribution >= 0.6 is 0 Å². The molecule has 0 aromatic carbocycles. The minimum atomic E-state index is 0. The third-order valence-corrected chi connectivity index (χ3v) is 4.03. The van der Waals surface area contributed by atoms with Crippen LogP contribution in [0, 0.1) is 12.6 Å². The Morgan fingerprint density at radius 1 is 1.38 bits per heavy atom. The first-order chi connectivity index (χ1) is 13.7. The van der Waals surface area contributed by atoms with Crippen LogP contribution < -0.4 is 62.5 Å². The molecule has 0 aromatic rings. The fourth-order valence-corrected chi connectivity index (χ4v) is 2.73. The molecular weight excluding hydrogens is 387 g/mol. The Morgan fingerprint density at radius 3 is 2.66 bits per heavy atom. The molecule has 0 bridgehead atoms. The third-order valence-electron chi connectivity index (χ3n) is 4.03. The first kappa shape index (κ1) is 28.3. The van der Waals surface area contributed by atoms with Crippen molar-refractivity contribution in [1.82, 2.24) is 15.3 Å². The summed E-state index contributed by atoms with van der Waals surface area (Å²) in [7, 11) is 0. The van der Waals surface area contributed by atoms with Crippen LogP contribution in [0.5, 0.6) is 0 Å². The summed E-state index contributed by atoms with van der Waals surface area (Å²) in [5.41, 5.74) is 10.9. The average molecular weight is 424 g/mol. The van der Waals surface area contributed by atoms with Gasteiger partial charge in [0, 0.05) is 13.1 Å². The van der Waals surface area contributed by atoms with Crippen LogP contribution in [-0.2, 0) is 4.74 Å². The molecule has 0 aromatic heterocycles. The summed E-state index contributed by atoms with van der Waals surface area (Å²) < 4.78 is 5.47. The second-order valence-electron chi connectivity index (χ2n) is 6.11. The van der Waals surface area contributed by atoms with Gasteiger partial charge in [0.15, 0.2) is 0 Å². The van der Waals surface area contributed by atoms with Gasteiger partial charge in [0.05, 0.1) is 19.3 Å². The second-order valence-corrected chi connectivity index (χ2v) is 6.11. The minimum Gasteiger partial charge on any atom is -0.434 e. The predicted octanol–water partition coefficient (Wildman–Crippen LogP) is 0.841. The van der Waals surface area contributed by atoms with Gasteiger partial charge in [-0.25, -0.2) is 0 Å². The Labute approximate surface area is 220 Å². The molecule has 0 amide bonds. The summed E-state index contributed by atoms with van der Waals surface area (Å²) >= 11 is 0. The van der Waals surface area contributed by atoms with E-state index < -0.39 is 0 Å². The van der Waals surface area contributed by atoms with Crippen molar-refractivity contribution in [2.45, 2.75) is 40.2 Å². The molecule has 156 valence electrons. The maximum absolute atomic E-state index is 5.72. The Balaban J connectivity index is 0.00000253. The van der Waals surface area contributed by atoms with Crippen molar-refractivity contribution in [2.75, 3.05) is 26.3 Å². The Bertz CT molecular complexity index is 616. The van der Waals surface area contributed by atoms with Crippen LogP contribution in [0.4, 0.5) is 0 Å². The number of nitrogens with two attached hydrogens (primary N) is 1. The van der Waals surface area contributed by atoms with Crippen LogP contribution in [0.2, 0.25) is 0 Å². The van der Waals surface area contributed by atoms with E-state index in [1.165, 1.54) is 5.57 Å². The van der Waals surface area contributed by atoms with Gasteiger partial charge in [-0.15, -0.1) is 6.08 Å². The van der Waals surface area contributed by atoms with Gasteiger partial charge < -0.3 is 20.4 Å². The first-order valence-corrected chi connectivity index (χ1v) is 10.1. The van der Waals surface area contributed by atoms with Gasteiger partial charge >= 0.3 is 51.4 Å². The van der Waals surface area contributed by atoms with E-state index in [1.807, 2.05) is 44.4 Å². The zero-order valence-electron chi connectivity index (χ0n) is 18.8. The summed E-state index contributed by atoms with van der Waals surface area (Å²) in [6, 6.07) is 0.0678. The molecule has 2 rings (SSSR count). The topological polar surface area (TPSA) is 53.8 Å². The number of nitrogens with zero attached hydrogens (tertiary/aromatic N) is 2. The largest absolute Gasteiger partial charge is 1.00 e. The molecule has 1 unspecified atom stereocenters. The van der Waals surface area contributed by atoms with E-state index in [9.17, 15) is 0 Å². The van der Waals surface area contributed by atoms with E-state index in [-0.39, 0.29) is 57.4 Å². The number of allylic oxidation sites excluding steroid dienone is 5. The van der Waals surface area contributed by atoms with Crippen molar-refractivity contribution in [3.63, 3.8) is 0 Å². The van der Waals surface area contributed by atoms with Crippen molar-refractivity contribution in [2.24, 2.45) is 5.73 Å². The molecule has 29 heavy (non-hydrogen) atoms. The summed E-state index contributed by atoms with van der Waals surface area (Å²) in [6.07, 6.45) is 20.7. The number of ether oxygens (including phenoxy) is 1. The zero-order chi connectivity index (χ0) is 20.8. The summed E-state index contributed by atoms with van der Waals surface area (Å²) in [4.78, 5) is 2.26.